The maximum Gasteiger partial charge on any atom is 0.252 e. The van der Waals surface area contributed by atoms with E-state index in [-0.39, 0.29) is 17.7 Å². The molecule has 0 aliphatic heterocycles. The molecule has 0 heterocycles. The van der Waals surface area contributed by atoms with Crippen molar-refractivity contribution in [1.82, 2.24) is 0 Å². The third kappa shape index (κ3) is 2.93. The molecule has 0 bridgehead atoms. The van der Waals surface area contributed by atoms with Gasteiger partial charge in [-0.05, 0) is 24.3 Å². The third-order valence-electron chi connectivity index (χ3n) is 2.73. The second-order valence-electron chi connectivity index (χ2n) is 4.06. The fraction of sp³-hybridized carbons (Fsp3) is 0.0667. The van der Waals surface area contributed by atoms with Crippen LogP contribution in [0.5, 0.6) is 5.75 Å². The average Bonchev–Trinajstić information content (AvgIpc) is 2.46. The van der Waals surface area contributed by atoms with Crippen LogP contribution in [0.25, 0.3) is 0 Å². The summed E-state index contributed by atoms with van der Waals surface area (Å²) in [7, 11) is 0. The first-order chi connectivity index (χ1) is 9.61. The number of para-hydroxylation sites is 1. The monoisotopic (exact) mass is 270 g/mol. The van der Waals surface area contributed by atoms with Gasteiger partial charge in [0.15, 0.2) is 0 Å². The number of carbonyl (C=O) groups is 1. The van der Waals surface area contributed by atoms with E-state index in [9.17, 15) is 9.18 Å². The lowest BCUT2D eigenvalue weighted by Crippen LogP contribution is -2.13. The number of nitrogens with two attached hydrogens (primary N) is 1. The number of ether oxygens (including phenoxy) is 1. The van der Waals surface area contributed by atoms with Crippen LogP contribution in [0.4, 0.5) is 4.39 Å². The van der Waals surface area contributed by atoms with E-state index in [4.69, 9.17) is 15.7 Å². The van der Waals surface area contributed by atoms with E-state index in [2.05, 4.69) is 0 Å². The first-order valence-electron chi connectivity index (χ1n) is 5.82. The second-order valence-corrected chi connectivity index (χ2v) is 4.06. The summed E-state index contributed by atoms with van der Waals surface area (Å²) in [4.78, 5) is 11.2. The van der Waals surface area contributed by atoms with Crippen molar-refractivity contribution < 1.29 is 13.9 Å². The van der Waals surface area contributed by atoms with Gasteiger partial charge >= 0.3 is 0 Å². The van der Waals surface area contributed by atoms with Crippen LogP contribution in [0, 0.1) is 17.1 Å². The zero-order valence-electron chi connectivity index (χ0n) is 10.5. The Morgan fingerprint density at radius 3 is 2.75 bits per heavy atom. The van der Waals surface area contributed by atoms with Crippen LogP contribution < -0.4 is 10.5 Å². The molecule has 2 aromatic carbocycles. The summed E-state index contributed by atoms with van der Waals surface area (Å²) in [6.07, 6.45) is 0. The van der Waals surface area contributed by atoms with E-state index < -0.39 is 11.7 Å². The molecular weight excluding hydrogens is 259 g/mol. The summed E-state index contributed by atoms with van der Waals surface area (Å²) >= 11 is 0. The van der Waals surface area contributed by atoms with Gasteiger partial charge in [0.2, 0.25) is 0 Å². The Morgan fingerprint density at radius 2 is 2.05 bits per heavy atom. The van der Waals surface area contributed by atoms with E-state index in [0.29, 0.717) is 11.3 Å². The average molecular weight is 270 g/mol. The molecule has 0 aliphatic rings. The lowest BCUT2D eigenvalue weighted by Gasteiger charge is -2.10. The molecule has 0 radical (unpaired) electrons. The zero-order valence-corrected chi connectivity index (χ0v) is 10.5. The molecule has 100 valence electrons. The molecular formula is C15H11FN2O2. The quantitative estimate of drug-likeness (QED) is 0.926. The zero-order chi connectivity index (χ0) is 14.5. The smallest absolute Gasteiger partial charge is 0.252 e. The fourth-order valence-corrected chi connectivity index (χ4v) is 1.73. The molecule has 2 aromatic rings. The van der Waals surface area contributed by atoms with Crippen molar-refractivity contribution in [2.45, 2.75) is 6.61 Å². The highest BCUT2D eigenvalue weighted by Crippen LogP contribution is 2.20. The summed E-state index contributed by atoms with van der Waals surface area (Å²) < 4.78 is 18.5. The van der Waals surface area contributed by atoms with Crippen molar-refractivity contribution in [1.29, 1.82) is 5.26 Å². The molecule has 0 saturated carbocycles. The van der Waals surface area contributed by atoms with E-state index >= 15 is 0 Å². The maximum absolute atomic E-state index is 13.0. The normalized spacial score (nSPS) is 9.80. The highest BCUT2D eigenvalue weighted by Gasteiger charge is 2.10. The molecule has 0 unspecified atom stereocenters. The van der Waals surface area contributed by atoms with Crippen molar-refractivity contribution >= 4 is 5.91 Å². The molecule has 0 saturated heterocycles. The summed E-state index contributed by atoms with van der Waals surface area (Å²) in [5.41, 5.74) is 6.23. The molecule has 0 aliphatic carbocycles. The first kappa shape index (κ1) is 13.6. The Balaban J connectivity index is 2.22. The van der Waals surface area contributed by atoms with Crippen molar-refractivity contribution in [3.8, 4) is 11.8 Å². The van der Waals surface area contributed by atoms with Gasteiger partial charge in [-0.2, -0.15) is 5.26 Å². The SMILES string of the molecule is N#Cc1cc(F)ccc1COc1ccccc1C(N)=O. The summed E-state index contributed by atoms with van der Waals surface area (Å²) in [6, 6.07) is 12.3. The lowest BCUT2D eigenvalue weighted by molar-refractivity contribution is 0.0996. The third-order valence-corrected chi connectivity index (χ3v) is 2.73. The van der Waals surface area contributed by atoms with Crippen LogP contribution in [0.2, 0.25) is 0 Å². The van der Waals surface area contributed by atoms with Crippen molar-refractivity contribution in [2.75, 3.05) is 0 Å². The molecule has 0 atom stereocenters. The van der Waals surface area contributed by atoms with Crippen LogP contribution in [-0.4, -0.2) is 5.91 Å². The molecule has 0 spiro atoms. The van der Waals surface area contributed by atoms with Crippen LogP contribution in [0.15, 0.2) is 42.5 Å². The van der Waals surface area contributed by atoms with Crippen molar-refractivity contribution in [3.63, 3.8) is 0 Å². The van der Waals surface area contributed by atoms with Gasteiger partial charge in [-0.1, -0.05) is 18.2 Å². The van der Waals surface area contributed by atoms with Crippen LogP contribution in [0.3, 0.4) is 0 Å². The van der Waals surface area contributed by atoms with Crippen LogP contribution >= 0.6 is 0 Å². The number of nitriles is 1. The Bertz CT molecular complexity index is 693. The van der Waals surface area contributed by atoms with E-state index in [1.807, 2.05) is 6.07 Å². The van der Waals surface area contributed by atoms with Gasteiger partial charge in [0.1, 0.15) is 18.2 Å². The predicted octanol–water partition coefficient (Wildman–Crippen LogP) is 2.38. The largest absolute Gasteiger partial charge is 0.488 e. The number of hydrogen-bond donors (Lipinski definition) is 1. The minimum absolute atomic E-state index is 0.0491. The van der Waals surface area contributed by atoms with Crippen LogP contribution in [-0.2, 0) is 6.61 Å². The van der Waals surface area contributed by atoms with Gasteiger partial charge in [-0.3, -0.25) is 4.79 Å². The minimum atomic E-state index is -0.597. The van der Waals surface area contributed by atoms with Crippen molar-refractivity contribution in [2.24, 2.45) is 5.73 Å². The molecule has 2 rings (SSSR count). The fourth-order valence-electron chi connectivity index (χ4n) is 1.73. The molecule has 0 aromatic heterocycles. The standard InChI is InChI=1S/C15H11FN2O2/c16-12-6-5-10(11(7-12)8-17)9-20-14-4-2-1-3-13(14)15(18)19/h1-7H,9H2,(H2,18,19). The first-order valence-corrected chi connectivity index (χ1v) is 5.82. The number of amides is 1. The summed E-state index contributed by atoms with van der Waals surface area (Å²) in [5.74, 6) is -0.753. The second kappa shape index (κ2) is 5.85. The molecule has 2 N–H and O–H groups in total. The van der Waals surface area contributed by atoms with Gasteiger partial charge in [-0.15, -0.1) is 0 Å². The lowest BCUT2D eigenvalue weighted by atomic mass is 10.1. The Hall–Kier alpha value is -2.87. The highest BCUT2D eigenvalue weighted by molar-refractivity contribution is 5.95. The van der Waals surface area contributed by atoms with Crippen LogP contribution in [0.1, 0.15) is 21.5 Å². The predicted molar refractivity (Wildman–Crippen MR) is 70.4 cm³/mol. The van der Waals surface area contributed by atoms with Gasteiger partial charge in [0.25, 0.3) is 5.91 Å². The number of carbonyl (C=O) groups excluding carboxylic acids is 1. The van der Waals surface area contributed by atoms with Gasteiger partial charge in [0.05, 0.1) is 17.2 Å². The minimum Gasteiger partial charge on any atom is -0.488 e. The molecule has 1 amide bonds. The Morgan fingerprint density at radius 1 is 1.30 bits per heavy atom. The van der Waals surface area contributed by atoms with Crippen molar-refractivity contribution in [3.05, 3.63) is 65.0 Å². The number of primary amides is 1. The topological polar surface area (TPSA) is 76.1 Å². The summed E-state index contributed by atoms with van der Waals surface area (Å²) in [6.45, 7) is 0.0491. The van der Waals surface area contributed by atoms with Gasteiger partial charge in [-0.25, -0.2) is 4.39 Å². The van der Waals surface area contributed by atoms with E-state index in [0.717, 1.165) is 6.07 Å². The highest BCUT2D eigenvalue weighted by atomic mass is 19.1. The molecule has 4 nitrogen and oxygen atoms in total. The number of hydrogen-bond acceptors (Lipinski definition) is 3. The van der Waals surface area contributed by atoms with Gasteiger partial charge in [0, 0.05) is 5.56 Å². The number of benzene rings is 2. The van der Waals surface area contributed by atoms with E-state index in [1.54, 1.807) is 24.3 Å². The Kier molecular flexibility index (Phi) is 3.96. The maximum atomic E-state index is 13.0. The summed E-state index contributed by atoms with van der Waals surface area (Å²) in [5, 5.41) is 8.94. The van der Waals surface area contributed by atoms with Gasteiger partial charge < -0.3 is 10.5 Å². The molecule has 5 heteroatoms. The number of halogens is 1. The molecule has 0 fully saturated rings. The molecule has 20 heavy (non-hydrogen) atoms. The number of rotatable bonds is 4. The number of nitrogens with zero attached hydrogens (tertiary/aromatic N) is 1. The van der Waals surface area contributed by atoms with E-state index in [1.165, 1.54) is 12.1 Å². The Labute approximate surface area is 115 Å².